The van der Waals surface area contributed by atoms with Crippen LogP contribution >= 0.6 is 12.4 Å². The molecule has 0 saturated carbocycles. The summed E-state index contributed by atoms with van der Waals surface area (Å²) < 4.78 is 0. The molecule has 0 fully saturated rings. The molecule has 4 aromatic rings. The molecule has 23 heavy (non-hydrogen) atoms. The Morgan fingerprint density at radius 3 is 2.52 bits per heavy atom. The molecule has 114 valence electrons. The van der Waals surface area contributed by atoms with Crippen molar-refractivity contribution in [2.75, 3.05) is 5.73 Å². The zero-order chi connectivity index (χ0) is 14.9. The van der Waals surface area contributed by atoms with E-state index >= 15 is 0 Å². The summed E-state index contributed by atoms with van der Waals surface area (Å²) in [4.78, 5) is 20.6. The van der Waals surface area contributed by atoms with Crippen molar-refractivity contribution in [1.82, 2.24) is 24.9 Å². The smallest absolute Gasteiger partial charge is 0.157 e. The number of aromatic amines is 1. The molecule has 4 rings (SSSR count). The summed E-state index contributed by atoms with van der Waals surface area (Å²) in [7, 11) is 0. The van der Waals surface area contributed by atoms with Crippen molar-refractivity contribution in [2.45, 2.75) is 0 Å². The zero-order valence-electron chi connectivity index (χ0n) is 12.0. The third kappa shape index (κ3) is 2.60. The van der Waals surface area contributed by atoms with Gasteiger partial charge in [-0.1, -0.05) is 6.07 Å². The fraction of sp³-hybridized carbons (Fsp3) is 0. The molecule has 0 unspecified atom stereocenters. The summed E-state index contributed by atoms with van der Waals surface area (Å²) in [6.45, 7) is 0. The first-order valence-corrected chi connectivity index (χ1v) is 6.79. The van der Waals surface area contributed by atoms with Crippen LogP contribution in [-0.2, 0) is 0 Å². The van der Waals surface area contributed by atoms with Gasteiger partial charge in [0, 0.05) is 30.4 Å². The lowest BCUT2D eigenvalue weighted by atomic mass is 10.1. The van der Waals surface area contributed by atoms with Crippen LogP contribution in [0.5, 0.6) is 0 Å². The van der Waals surface area contributed by atoms with Crippen molar-refractivity contribution < 1.29 is 0 Å². The van der Waals surface area contributed by atoms with E-state index in [1.54, 1.807) is 24.8 Å². The predicted octanol–water partition coefficient (Wildman–Crippen LogP) is 3.09. The average molecular weight is 325 g/mol. The van der Waals surface area contributed by atoms with E-state index in [4.69, 9.17) is 5.73 Å². The maximum atomic E-state index is 5.81. The van der Waals surface area contributed by atoms with Crippen LogP contribution in [0.1, 0.15) is 0 Å². The first kappa shape index (κ1) is 14.9. The van der Waals surface area contributed by atoms with E-state index in [-0.39, 0.29) is 12.4 Å². The maximum absolute atomic E-state index is 5.81. The number of nitrogens with zero attached hydrogens (tertiary/aromatic N) is 4. The summed E-state index contributed by atoms with van der Waals surface area (Å²) in [6, 6.07) is 9.49. The predicted molar refractivity (Wildman–Crippen MR) is 92.0 cm³/mol. The Bertz CT molecular complexity index is 951. The van der Waals surface area contributed by atoms with Crippen molar-refractivity contribution in [2.24, 2.45) is 0 Å². The van der Waals surface area contributed by atoms with Crippen molar-refractivity contribution in [3.05, 3.63) is 55.1 Å². The Balaban J connectivity index is 0.00000156. The van der Waals surface area contributed by atoms with Gasteiger partial charge in [0.2, 0.25) is 0 Å². The molecule has 0 saturated heterocycles. The van der Waals surface area contributed by atoms with Crippen molar-refractivity contribution >= 4 is 29.4 Å². The molecule has 4 heterocycles. The molecule has 0 amide bonds. The quantitative estimate of drug-likeness (QED) is 0.591. The van der Waals surface area contributed by atoms with Gasteiger partial charge in [0.1, 0.15) is 11.3 Å². The molecule has 0 spiro atoms. The van der Waals surface area contributed by atoms with Crippen LogP contribution in [0.4, 0.5) is 5.82 Å². The number of rotatable bonds is 2. The van der Waals surface area contributed by atoms with Crippen LogP contribution in [0, 0.1) is 0 Å². The van der Waals surface area contributed by atoms with E-state index in [0.29, 0.717) is 11.5 Å². The fourth-order valence-corrected chi connectivity index (χ4v) is 2.49. The van der Waals surface area contributed by atoms with Crippen LogP contribution < -0.4 is 5.73 Å². The van der Waals surface area contributed by atoms with Gasteiger partial charge in [0.15, 0.2) is 5.65 Å². The van der Waals surface area contributed by atoms with Crippen LogP contribution in [0.25, 0.3) is 33.7 Å². The summed E-state index contributed by atoms with van der Waals surface area (Å²) >= 11 is 0. The van der Waals surface area contributed by atoms with E-state index in [9.17, 15) is 0 Å². The number of nitrogen functional groups attached to an aromatic ring is 1. The number of fused-ring (bicyclic) bond motifs is 1. The fourth-order valence-electron chi connectivity index (χ4n) is 2.49. The second-order valence-electron chi connectivity index (χ2n) is 4.81. The van der Waals surface area contributed by atoms with Gasteiger partial charge in [-0.3, -0.25) is 9.97 Å². The molecule has 0 aliphatic heterocycles. The minimum atomic E-state index is 0. The molecular weight excluding hydrogens is 312 g/mol. The highest BCUT2D eigenvalue weighted by Gasteiger charge is 2.17. The number of halogens is 1. The lowest BCUT2D eigenvalue weighted by Crippen LogP contribution is -1.91. The van der Waals surface area contributed by atoms with Crippen LogP contribution in [-0.4, -0.2) is 24.9 Å². The second-order valence-corrected chi connectivity index (χ2v) is 4.81. The molecule has 7 heteroatoms. The van der Waals surface area contributed by atoms with E-state index < -0.39 is 0 Å². The monoisotopic (exact) mass is 324 g/mol. The average Bonchev–Trinajstić information content (AvgIpc) is 2.95. The molecule has 0 aromatic carbocycles. The Hall–Kier alpha value is -2.99. The standard InChI is InChI=1S/C16H12N6.ClH/c17-12-9-10(4-6-19-12)14-13(11-3-1-2-5-18-11)15-16(22-14)21-8-7-20-15;/h1-9H,(H2,17,19)(H,21,22);1H. The van der Waals surface area contributed by atoms with Crippen molar-refractivity contribution in [3.8, 4) is 22.5 Å². The molecular formula is C16H13ClN6. The summed E-state index contributed by atoms with van der Waals surface area (Å²) in [5, 5.41) is 0. The van der Waals surface area contributed by atoms with Gasteiger partial charge in [0.25, 0.3) is 0 Å². The highest BCUT2D eigenvalue weighted by molar-refractivity contribution is 5.99. The Labute approximate surface area is 138 Å². The van der Waals surface area contributed by atoms with E-state index in [2.05, 4.69) is 24.9 Å². The number of nitrogens with one attached hydrogen (secondary N) is 1. The number of hydrogen-bond acceptors (Lipinski definition) is 5. The topological polar surface area (TPSA) is 93.4 Å². The van der Waals surface area contributed by atoms with Crippen molar-refractivity contribution in [1.29, 1.82) is 0 Å². The van der Waals surface area contributed by atoms with Gasteiger partial charge >= 0.3 is 0 Å². The van der Waals surface area contributed by atoms with Crippen LogP contribution in [0.3, 0.4) is 0 Å². The minimum Gasteiger partial charge on any atom is -0.384 e. The number of hydrogen-bond donors (Lipinski definition) is 2. The first-order chi connectivity index (χ1) is 10.8. The molecule has 4 aromatic heterocycles. The van der Waals surface area contributed by atoms with Gasteiger partial charge in [-0.05, 0) is 24.3 Å². The van der Waals surface area contributed by atoms with Gasteiger partial charge in [0.05, 0.1) is 17.0 Å². The lowest BCUT2D eigenvalue weighted by Gasteiger charge is -2.04. The highest BCUT2D eigenvalue weighted by atomic mass is 35.5. The Morgan fingerprint density at radius 2 is 1.74 bits per heavy atom. The highest BCUT2D eigenvalue weighted by Crippen LogP contribution is 2.35. The summed E-state index contributed by atoms with van der Waals surface area (Å²) in [5.41, 5.74) is 10.9. The Kier molecular flexibility index (Phi) is 3.91. The normalized spacial score (nSPS) is 10.4. The molecule has 0 radical (unpaired) electrons. The van der Waals surface area contributed by atoms with E-state index in [1.165, 1.54) is 0 Å². The minimum absolute atomic E-state index is 0. The molecule has 0 bridgehead atoms. The third-order valence-corrected chi connectivity index (χ3v) is 3.42. The summed E-state index contributed by atoms with van der Waals surface area (Å²) in [5.74, 6) is 0.462. The number of nitrogens with two attached hydrogens (primary N) is 1. The SMILES string of the molecule is Cl.Nc1cc(-c2[nH]c3nccnc3c2-c2ccccn2)ccn1. The number of anilines is 1. The number of aromatic nitrogens is 5. The number of pyridine rings is 2. The van der Waals surface area contributed by atoms with Crippen LogP contribution in [0.2, 0.25) is 0 Å². The molecule has 0 aliphatic rings. The molecule has 0 atom stereocenters. The largest absolute Gasteiger partial charge is 0.384 e. The molecule has 6 nitrogen and oxygen atoms in total. The molecule has 0 aliphatic carbocycles. The summed E-state index contributed by atoms with van der Waals surface area (Å²) in [6.07, 6.45) is 6.77. The number of H-pyrrole nitrogens is 1. The molecule has 3 N–H and O–H groups in total. The Morgan fingerprint density at radius 1 is 0.870 bits per heavy atom. The second kappa shape index (κ2) is 6.02. The van der Waals surface area contributed by atoms with Crippen LogP contribution in [0.15, 0.2) is 55.1 Å². The van der Waals surface area contributed by atoms with Crippen molar-refractivity contribution in [3.63, 3.8) is 0 Å². The van der Waals surface area contributed by atoms with E-state index in [1.807, 2.05) is 30.3 Å². The third-order valence-electron chi connectivity index (χ3n) is 3.42. The maximum Gasteiger partial charge on any atom is 0.157 e. The van der Waals surface area contributed by atoms with Gasteiger partial charge < -0.3 is 10.7 Å². The zero-order valence-corrected chi connectivity index (χ0v) is 12.8. The van der Waals surface area contributed by atoms with Gasteiger partial charge in [-0.25, -0.2) is 9.97 Å². The van der Waals surface area contributed by atoms with E-state index in [0.717, 1.165) is 28.0 Å². The van der Waals surface area contributed by atoms with Gasteiger partial charge in [-0.2, -0.15) is 0 Å². The van der Waals surface area contributed by atoms with Gasteiger partial charge in [-0.15, -0.1) is 12.4 Å². The first-order valence-electron chi connectivity index (χ1n) is 6.79. The lowest BCUT2D eigenvalue weighted by molar-refractivity contribution is 1.26.